The Hall–Kier alpha value is -1.06. The Balaban J connectivity index is 2.12. The highest BCUT2D eigenvalue weighted by atomic mass is 79.9. The van der Waals surface area contributed by atoms with E-state index in [0.717, 1.165) is 22.4 Å². The molecule has 0 fully saturated rings. The average Bonchev–Trinajstić information content (AvgIpc) is 2.96. The molecule has 3 aromatic rings. The summed E-state index contributed by atoms with van der Waals surface area (Å²) in [5.41, 5.74) is 1.22. The first-order chi connectivity index (χ1) is 9.70. The van der Waals surface area contributed by atoms with E-state index in [1.54, 1.807) is 0 Å². The first-order valence-electron chi connectivity index (χ1n) is 6.60. The first-order valence-corrected chi connectivity index (χ1v) is 8.31. The van der Waals surface area contributed by atoms with Gasteiger partial charge in [-0.25, -0.2) is 0 Å². The van der Waals surface area contributed by atoms with Gasteiger partial charge in [0, 0.05) is 10.9 Å². The van der Waals surface area contributed by atoms with Gasteiger partial charge < -0.3 is 4.42 Å². The molecule has 1 nitrogen and oxygen atoms in total. The van der Waals surface area contributed by atoms with Gasteiger partial charge in [0.2, 0.25) is 0 Å². The molecule has 0 bridgehead atoms. The van der Waals surface area contributed by atoms with Gasteiger partial charge in [0.15, 0.2) is 0 Å². The van der Waals surface area contributed by atoms with Gasteiger partial charge in [-0.2, -0.15) is 0 Å². The Morgan fingerprint density at radius 1 is 1.00 bits per heavy atom. The highest BCUT2D eigenvalue weighted by Gasteiger charge is 2.17. The fraction of sp³-hybridized carbons (Fsp3) is 0.176. The summed E-state index contributed by atoms with van der Waals surface area (Å²) in [6.45, 7) is 2.10. The number of hydrogen-bond donors (Lipinski definition) is 0. The lowest BCUT2D eigenvalue weighted by molar-refractivity contribution is 0.477. The number of benzene rings is 2. The van der Waals surface area contributed by atoms with Crippen molar-refractivity contribution in [2.24, 2.45) is 0 Å². The third-order valence-corrected chi connectivity index (χ3v) is 5.09. The fourth-order valence-corrected chi connectivity index (χ4v) is 3.50. The molecule has 0 amide bonds. The van der Waals surface area contributed by atoms with Crippen molar-refractivity contribution in [3.63, 3.8) is 0 Å². The molecule has 1 unspecified atom stereocenters. The van der Waals surface area contributed by atoms with Crippen LogP contribution in [0.3, 0.4) is 0 Å². The Bertz CT molecular complexity index is 746. The van der Waals surface area contributed by atoms with Crippen LogP contribution in [0.1, 0.15) is 28.8 Å². The summed E-state index contributed by atoms with van der Waals surface area (Å²) in [7, 11) is 0. The van der Waals surface area contributed by atoms with Gasteiger partial charge in [-0.3, -0.25) is 0 Å². The van der Waals surface area contributed by atoms with Gasteiger partial charge in [0.05, 0.1) is 4.83 Å². The van der Waals surface area contributed by atoms with E-state index < -0.39 is 0 Å². The lowest BCUT2D eigenvalue weighted by Gasteiger charge is -2.12. The summed E-state index contributed by atoms with van der Waals surface area (Å²) < 4.78 is 6.99. The van der Waals surface area contributed by atoms with Crippen LogP contribution in [0.5, 0.6) is 0 Å². The maximum absolute atomic E-state index is 5.87. The van der Waals surface area contributed by atoms with Crippen molar-refractivity contribution in [3.8, 4) is 0 Å². The standard InChI is InChI=1S/C17H14Br2O/c1-2-11-7-10-16(20-11)17(19)14-8-9-15(18)13-6-4-3-5-12(13)14/h3-10,17H,2H2,1H3. The molecule has 0 aliphatic carbocycles. The van der Waals surface area contributed by atoms with Crippen molar-refractivity contribution >= 4 is 42.6 Å². The van der Waals surface area contributed by atoms with Crippen LogP contribution in [0.4, 0.5) is 0 Å². The minimum atomic E-state index is 0.0702. The Kier molecular flexibility index (Phi) is 3.99. The predicted octanol–water partition coefficient (Wildman–Crippen LogP) is 6.24. The van der Waals surface area contributed by atoms with Crippen LogP contribution in [0.2, 0.25) is 0 Å². The minimum absolute atomic E-state index is 0.0702. The number of halogens is 2. The largest absolute Gasteiger partial charge is 0.465 e. The van der Waals surface area contributed by atoms with Crippen LogP contribution in [-0.4, -0.2) is 0 Å². The van der Waals surface area contributed by atoms with Gasteiger partial charge >= 0.3 is 0 Å². The second-order valence-electron chi connectivity index (χ2n) is 4.70. The molecule has 0 N–H and O–H groups in total. The van der Waals surface area contributed by atoms with E-state index in [1.165, 1.54) is 16.3 Å². The smallest absolute Gasteiger partial charge is 0.122 e. The van der Waals surface area contributed by atoms with Crippen LogP contribution in [-0.2, 0) is 6.42 Å². The van der Waals surface area contributed by atoms with E-state index in [1.807, 2.05) is 6.07 Å². The molecular formula is C17H14Br2O. The molecule has 2 aromatic carbocycles. The molecule has 0 saturated carbocycles. The maximum Gasteiger partial charge on any atom is 0.122 e. The summed E-state index contributed by atoms with van der Waals surface area (Å²) in [5, 5.41) is 2.45. The van der Waals surface area contributed by atoms with Gasteiger partial charge in [-0.05, 0) is 34.5 Å². The van der Waals surface area contributed by atoms with Crippen LogP contribution in [0, 0.1) is 0 Å². The molecular weight excluding hydrogens is 380 g/mol. The Labute approximate surface area is 135 Å². The predicted molar refractivity (Wildman–Crippen MR) is 90.5 cm³/mol. The molecule has 0 radical (unpaired) electrons. The van der Waals surface area contributed by atoms with E-state index in [9.17, 15) is 0 Å². The van der Waals surface area contributed by atoms with Crippen molar-refractivity contribution in [1.82, 2.24) is 0 Å². The van der Waals surface area contributed by atoms with Crippen LogP contribution >= 0.6 is 31.9 Å². The number of aryl methyl sites for hydroxylation is 1. The zero-order valence-corrected chi connectivity index (χ0v) is 14.2. The Morgan fingerprint density at radius 2 is 1.75 bits per heavy atom. The Morgan fingerprint density at radius 3 is 2.45 bits per heavy atom. The first kappa shape index (κ1) is 13.9. The summed E-state index contributed by atoms with van der Waals surface area (Å²) in [4.78, 5) is 0.0702. The molecule has 3 rings (SSSR count). The van der Waals surface area contributed by atoms with Crippen LogP contribution in [0.25, 0.3) is 10.8 Å². The summed E-state index contributed by atoms with van der Waals surface area (Å²) in [5.74, 6) is 1.97. The molecule has 1 heterocycles. The molecule has 0 saturated heterocycles. The molecule has 0 aliphatic heterocycles. The summed E-state index contributed by atoms with van der Waals surface area (Å²) >= 11 is 7.39. The van der Waals surface area contributed by atoms with Crippen LogP contribution in [0.15, 0.2) is 57.4 Å². The summed E-state index contributed by atoms with van der Waals surface area (Å²) in [6, 6.07) is 16.7. The van der Waals surface area contributed by atoms with Gasteiger partial charge in [-0.1, -0.05) is 69.1 Å². The van der Waals surface area contributed by atoms with Crippen molar-refractivity contribution < 1.29 is 4.42 Å². The second-order valence-corrected chi connectivity index (χ2v) is 6.47. The lowest BCUT2D eigenvalue weighted by atomic mass is 10.0. The molecule has 20 heavy (non-hydrogen) atoms. The number of fused-ring (bicyclic) bond motifs is 1. The third-order valence-electron chi connectivity index (χ3n) is 3.46. The number of furan rings is 1. The third kappa shape index (κ3) is 2.45. The SMILES string of the molecule is CCc1ccc(C(Br)c2ccc(Br)c3ccccc23)o1. The molecule has 102 valence electrons. The van der Waals surface area contributed by atoms with Crippen molar-refractivity contribution in [2.45, 2.75) is 18.2 Å². The van der Waals surface area contributed by atoms with Crippen molar-refractivity contribution in [1.29, 1.82) is 0 Å². The van der Waals surface area contributed by atoms with E-state index in [2.05, 4.69) is 81.2 Å². The number of alkyl halides is 1. The molecule has 0 aliphatic rings. The monoisotopic (exact) mass is 392 g/mol. The molecule has 3 heteroatoms. The maximum atomic E-state index is 5.87. The van der Waals surface area contributed by atoms with Gasteiger partial charge in [-0.15, -0.1) is 0 Å². The van der Waals surface area contributed by atoms with E-state index in [0.29, 0.717) is 0 Å². The zero-order valence-electron chi connectivity index (χ0n) is 11.1. The molecule has 1 aromatic heterocycles. The minimum Gasteiger partial charge on any atom is -0.465 e. The van der Waals surface area contributed by atoms with E-state index in [-0.39, 0.29) is 4.83 Å². The number of rotatable bonds is 3. The fourth-order valence-electron chi connectivity index (χ4n) is 2.38. The lowest BCUT2D eigenvalue weighted by Crippen LogP contribution is -1.93. The molecule has 1 atom stereocenters. The van der Waals surface area contributed by atoms with Crippen LogP contribution < -0.4 is 0 Å². The highest BCUT2D eigenvalue weighted by molar-refractivity contribution is 9.10. The van der Waals surface area contributed by atoms with Crippen molar-refractivity contribution in [3.05, 3.63) is 70.1 Å². The van der Waals surface area contributed by atoms with Gasteiger partial charge in [0.1, 0.15) is 11.5 Å². The summed E-state index contributed by atoms with van der Waals surface area (Å²) in [6.07, 6.45) is 0.917. The zero-order chi connectivity index (χ0) is 14.1. The normalized spacial score (nSPS) is 12.8. The van der Waals surface area contributed by atoms with E-state index >= 15 is 0 Å². The van der Waals surface area contributed by atoms with E-state index in [4.69, 9.17) is 4.42 Å². The van der Waals surface area contributed by atoms with Crippen molar-refractivity contribution in [2.75, 3.05) is 0 Å². The molecule has 0 spiro atoms. The highest BCUT2D eigenvalue weighted by Crippen LogP contribution is 2.38. The topological polar surface area (TPSA) is 13.1 Å². The van der Waals surface area contributed by atoms with Gasteiger partial charge in [0.25, 0.3) is 0 Å². The number of hydrogen-bond acceptors (Lipinski definition) is 1. The average molecular weight is 394 g/mol. The quantitative estimate of drug-likeness (QED) is 0.480. The second kappa shape index (κ2) is 5.74.